The topological polar surface area (TPSA) is 82.3 Å². The molecule has 1 aromatic carbocycles. The van der Waals surface area contributed by atoms with Crippen LogP contribution >= 0.6 is 0 Å². The van der Waals surface area contributed by atoms with Crippen molar-refractivity contribution in [2.75, 3.05) is 12.0 Å². The number of rotatable bonds is 6. The highest BCUT2D eigenvalue weighted by atomic mass is 16.5. The van der Waals surface area contributed by atoms with Gasteiger partial charge >= 0.3 is 0 Å². The van der Waals surface area contributed by atoms with Crippen LogP contribution in [0.2, 0.25) is 0 Å². The summed E-state index contributed by atoms with van der Waals surface area (Å²) in [5.74, 6) is 8.73. The van der Waals surface area contributed by atoms with Gasteiger partial charge in [-0.2, -0.15) is 4.98 Å². The largest absolute Gasteiger partial charge is 0.494 e. The molecule has 0 bridgehead atoms. The molecule has 6 nitrogen and oxygen atoms in total. The molecule has 6 heteroatoms. The molecule has 112 valence electrons. The van der Waals surface area contributed by atoms with E-state index in [1.165, 1.54) is 0 Å². The molecule has 1 aromatic heterocycles. The van der Waals surface area contributed by atoms with Gasteiger partial charge in [-0.1, -0.05) is 13.8 Å². The predicted molar refractivity (Wildman–Crippen MR) is 81.6 cm³/mol. The van der Waals surface area contributed by atoms with Crippen molar-refractivity contribution in [2.24, 2.45) is 5.84 Å². The van der Waals surface area contributed by atoms with Crippen LogP contribution in [0.3, 0.4) is 0 Å². The van der Waals surface area contributed by atoms with Gasteiger partial charge < -0.3 is 14.9 Å². The molecule has 0 amide bonds. The number of ether oxygens (including phenoxy) is 2. The van der Waals surface area contributed by atoms with Gasteiger partial charge in [0, 0.05) is 12.0 Å². The van der Waals surface area contributed by atoms with Crippen molar-refractivity contribution in [1.82, 2.24) is 9.97 Å². The first-order chi connectivity index (χ1) is 10.1. The molecule has 0 spiro atoms. The van der Waals surface area contributed by atoms with Crippen LogP contribution in [-0.2, 0) is 0 Å². The molecule has 0 fully saturated rings. The minimum Gasteiger partial charge on any atom is -0.494 e. The van der Waals surface area contributed by atoms with Crippen molar-refractivity contribution in [1.29, 1.82) is 0 Å². The summed E-state index contributed by atoms with van der Waals surface area (Å²) in [6.45, 7) is 6.60. The van der Waals surface area contributed by atoms with Crippen molar-refractivity contribution in [3.8, 4) is 17.4 Å². The summed E-state index contributed by atoms with van der Waals surface area (Å²) in [5, 5.41) is 0. The van der Waals surface area contributed by atoms with E-state index in [4.69, 9.17) is 15.3 Å². The zero-order valence-electron chi connectivity index (χ0n) is 12.5. The number of anilines is 1. The molecule has 0 unspecified atom stereocenters. The average molecular weight is 288 g/mol. The SMILES string of the molecule is CCOc1ccc(Oc2cc(NN)nc(C(C)C)n2)cc1. The van der Waals surface area contributed by atoms with Gasteiger partial charge in [-0.3, -0.25) is 0 Å². The third-order valence-electron chi connectivity index (χ3n) is 2.74. The number of hydrazine groups is 1. The van der Waals surface area contributed by atoms with Gasteiger partial charge in [0.2, 0.25) is 5.88 Å². The summed E-state index contributed by atoms with van der Waals surface area (Å²) >= 11 is 0. The summed E-state index contributed by atoms with van der Waals surface area (Å²) in [7, 11) is 0. The number of nitrogen functional groups attached to an aromatic ring is 1. The van der Waals surface area contributed by atoms with E-state index >= 15 is 0 Å². The maximum absolute atomic E-state index is 5.74. The molecule has 0 aliphatic rings. The third-order valence-corrected chi connectivity index (χ3v) is 2.74. The van der Waals surface area contributed by atoms with E-state index in [0.717, 1.165) is 5.75 Å². The number of hydrogen-bond acceptors (Lipinski definition) is 6. The quantitative estimate of drug-likeness (QED) is 0.628. The van der Waals surface area contributed by atoms with Crippen LogP contribution in [0.1, 0.15) is 32.5 Å². The van der Waals surface area contributed by atoms with Crippen LogP contribution in [0.15, 0.2) is 30.3 Å². The zero-order valence-corrected chi connectivity index (χ0v) is 12.5. The Balaban J connectivity index is 2.19. The normalized spacial score (nSPS) is 10.5. The second-order valence-corrected chi connectivity index (χ2v) is 4.76. The Morgan fingerprint density at radius 1 is 1.14 bits per heavy atom. The van der Waals surface area contributed by atoms with Gasteiger partial charge in [-0.05, 0) is 31.2 Å². The van der Waals surface area contributed by atoms with Gasteiger partial charge in [0.15, 0.2) is 0 Å². The lowest BCUT2D eigenvalue weighted by atomic mass is 10.2. The van der Waals surface area contributed by atoms with Crippen LogP contribution in [0.4, 0.5) is 5.82 Å². The smallest absolute Gasteiger partial charge is 0.224 e. The fraction of sp³-hybridized carbons (Fsp3) is 0.333. The summed E-state index contributed by atoms with van der Waals surface area (Å²) in [4.78, 5) is 8.66. The maximum atomic E-state index is 5.74. The Labute approximate surface area is 124 Å². The molecule has 21 heavy (non-hydrogen) atoms. The number of nitrogens with two attached hydrogens (primary N) is 1. The molecule has 0 saturated heterocycles. The molecule has 0 saturated carbocycles. The first-order valence-corrected chi connectivity index (χ1v) is 6.88. The molecular formula is C15H20N4O2. The molecule has 3 N–H and O–H groups in total. The van der Waals surface area contributed by atoms with Crippen molar-refractivity contribution in [3.63, 3.8) is 0 Å². The van der Waals surface area contributed by atoms with E-state index in [-0.39, 0.29) is 5.92 Å². The average Bonchev–Trinajstić information content (AvgIpc) is 2.49. The van der Waals surface area contributed by atoms with Gasteiger partial charge in [-0.25, -0.2) is 10.8 Å². The van der Waals surface area contributed by atoms with Gasteiger partial charge in [0.05, 0.1) is 6.61 Å². The van der Waals surface area contributed by atoms with Crippen molar-refractivity contribution in [3.05, 3.63) is 36.2 Å². The first kappa shape index (κ1) is 15.1. The van der Waals surface area contributed by atoms with Crippen LogP contribution in [0, 0.1) is 0 Å². The first-order valence-electron chi connectivity index (χ1n) is 6.88. The van der Waals surface area contributed by atoms with Crippen LogP contribution in [0.25, 0.3) is 0 Å². The lowest BCUT2D eigenvalue weighted by molar-refractivity contribution is 0.339. The minimum atomic E-state index is 0.181. The second kappa shape index (κ2) is 6.90. The number of nitrogens with zero attached hydrogens (tertiary/aromatic N) is 2. The van der Waals surface area contributed by atoms with Gasteiger partial charge in [-0.15, -0.1) is 0 Å². The van der Waals surface area contributed by atoms with E-state index in [2.05, 4.69) is 15.4 Å². The Morgan fingerprint density at radius 3 is 2.38 bits per heavy atom. The summed E-state index contributed by atoms with van der Waals surface area (Å²) in [5.41, 5.74) is 2.52. The van der Waals surface area contributed by atoms with E-state index in [1.807, 2.05) is 45.0 Å². The maximum Gasteiger partial charge on any atom is 0.224 e. The van der Waals surface area contributed by atoms with Gasteiger partial charge in [0.1, 0.15) is 23.1 Å². The van der Waals surface area contributed by atoms with E-state index in [9.17, 15) is 0 Å². The molecule has 0 radical (unpaired) electrons. The van der Waals surface area contributed by atoms with Crippen molar-refractivity contribution >= 4 is 5.82 Å². The van der Waals surface area contributed by atoms with Crippen molar-refractivity contribution < 1.29 is 9.47 Å². The second-order valence-electron chi connectivity index (χ2n) is 4.76. The standard InChI is InChI=1S/C15H20N4O2/c1-4-20-11-5-7-12(8-6-11)21-14-9-13(19-16)17-15(18-14)10(2)3/h5-10H,4,16H2,1-3H3,(H,17,18,19). The number of hydrogen-bond donors (Lipinski definition) is 2. The minimum absolute atomic E-state index is 0.181. The monoisotopic (exact) mass is 288 g/mol. The molecule has 1 heterocycles. The number of aromatic nitrogens is 2. The highest BCUT2D eigenvalue weighted by molar-refractivity contribution is 5.40. The Kier molecular flexibility index (Phi) is 4.94. The Morgan fingerprint density at radius 2 is 1.81 bits per heavy atom. The summed E-state index contributed by atoms with van der Waals surface area (Å²) in [6, 6.07) is 9.02. The van der Waals surface area contributed by atoms with Gasteiger partial charge in [0.25, 0.3) is 0 Å². The molecule has 2 aromatic rings. The lowest BCUT2D eigenvalue weighted by Crippen LogP contribution is -2.11. The lowest BCUT2D eigenvalue weighted by Gasteiger charge is -2.11. The van der Waals surface area contributed by atoms with E-state index in [0.29, 0.717) is 29.9 Å². The molecular weight excluding hydrogens is 268 g/mol. The molecule has 2 rings (SSSR count). The van der Waals surface area contributed by atoms with Crippen LogP contribution < -0.4 is 20.7 Å². The fourth-order valence-electron chi connectivity index (χ4n) is 1.72. The number of nitrogens with one attached hydrogen (secondary N) is 1. The highest BCUT2D eigenvalue weighted by Gasteiger charge is 2.09. The van der Waals surface area contributed by atoms with E-state index < -0.39 is 0 Å². The molecule has 0 atom stereocenters. The van der Waals surface area contributed by atoms with Crippen LogP contribution in [0.5, 0.6) is 17.4 Å². The molecule has 0 aliphatic heterocycles. The summed E-state index contributed by atoms with van der Waals surface area (Å²) in [6.07, 6.45) is 0. The third kappa shape index (κ3) is 4.06. The fourth-order valence-corrected chi connectivity index (χ4v) is 1.72. The summed E-state index contributed by atoms with van der Waals surface area (Å²) < 4.78 is 11.1. The van der Waals surface area contributed by atoms with Crippen LogP contribution in [-0.4, -0.2) is 16.6 Å². The Bertz CT molecular complexity index is 585. The predicted octanol–water partition coefficient (Wildman–Crippen LogP) is 3.08. The number of benzene rings is 1. The highest BCUT2D eigenvalue weighted by Crippen LogP contribution is 2.25. The zero-order chi connectivity index (χ0) is 15.2. The molecule has 0 aliphatic carbocycles. The Hall–Kier alpha value is -2.34. The van der Waals surface area contributed by atoms with E-state index in [1.54, 1.807) is 6.07 Å². The van der Waals surface area contributed by atoms with Crippen molar-refractivity contribution in [2.45, 2.75) is 26.7 Å².